The Kier molecular flexibility index (Phi) is 3.81. The van der Waals surface area contributed by atoms with Crippen molar-refractivity contribution < 1.29 is 9.47 Å². The van der Waals surface area contributed by atoms with Crippen molar-refractivity contribution in [1.82, 2.24) is 0 Å². The normalized spacial score (nSPS) is 16.8. The maximum atomic E-state index is 7.10. The average Bonchev–Trinajstić information content (AvgIpc) is 2.33. The van der Waals surface area contributed by atoms with E-state index in [-0.39, 0.29) is 6.10 Å². The summed E-state index contributed by atoms with van der Waals surface area (Å²) in [4.78, 5) is 3.46. The van der Waals surface area contributed by atoms with Gasteiger partial charge in [-0.25, -0.2) is 4.85 Å². The Bertz CT molecular complexity index is 408. The molecule has 1 heterocycles. The Balaban J connectivity index is 2.11. The Morgan fingerprint density at radius 1 is 1.38 bits per heavy atom. The van der Waals surface area contributed by atoms with E-state index in [9.17, 15) is 0 Å². The summed E-state index contributed by atoms with van der Waals surface area (Å²) in [6, 6.07) is 5.51. The summed E-state index contributed by atoms with van der Waals surface area (Å²) >= 11 is 3.34. The number of benzene rings is 1. The van der Waals surface area contributed by atoms with E-state index in [0.717, 1.165) is 30.5 Å². The van der Waals surface area contributed by atoms with Gasteiger partial charge in [-0.3, -0.25) is 0 Å². The molecule has 0 N–H and O–H groups in total. The quantitative estimate of drug-likeness (QED) is 0.774. The van der Waals surface area contributed by atoms with E-state index in [1.807, 2.05) is 12.1 Å². The van der Waals surface area contributed by atoms with Crippen molar-refractivity contribution in [2.75, 3.05) is 13.2 Å². The minimum Gasteiger partial charge on any atom is -0.501 e. The van der Waals surface area contributed by atoms with Crippen molar-refractivity contribution in [2.24, 2.45) is 0 Å². The second-order valence-corrected chi connectivity index (χ2v) is 4.57. The third-order valence-corrected chi connectivity index (χ3v) is 3.00. The molecule has 1 aliphatic heterocycles. The molecule has 2 rings (SSSR count). The predicted molar refractivity (Wildman–Crippen MR) is 64.9 cm³/mol. The van der Waals surface area contributed by atoms with Crippen LogP contribution < -0.4 is 4.74 Å². The van der Waals surface area contributed by atoms with Crippen LogP contribution in [0, 0.1) is 6.57 Å². The van der Waals surface area contributed by atoms with Crippen LogP contribution in [-0.2, 0) is 4.74 Å². The molecule has 0 radical (unpaired) electrons. The van der Waals surface area contributed by atoms with Crippen LogP contribution in [0.15, 0.2) is 22.7 Å². The zero-order chi connectivity index (χ0) is 11.4. The molecular weight excluding hydrogens is 270 g/mol. The summed E-state index contributed by atoms with van der Waals surface area (Å²) in [5.41, 5.74) is 0.556. The van der Waals surface area contributed by atoms with Crippen LogP contribution in [0.5, 0.6) is 5.75 Å². The van der Waals surface area contributed by atoms with Crippen LogP contribution in [-0.4, -0.2) is 19.3 Å². The van der Waals surface area contributed by atoms with Gasteiger partial charge in [0.05, 0.1) is 19.8 Å². The van der Waals surface area contributed by atoms with Crippen molar-refractivity contribution in [3.8, 4) is 5.75 Å². The average molecular weight is 282 g/mol. The highest BCUT2D eigenvalue weighted by molar-refractivity contribution is 9.10. The molecule has 1 saturated heterocycles. The molecule has 4 heteroatoms. The van der Waals surface area contributed by atoms with Gasteiger partial charge in [0.25, 0.3) is 0 Å². The Hall–Kier alpha value is -1.05. The molecule has 1 fully saturated rings. The van der Waals surface area contributed by atoms with Crippen LogP contribution >= 0.6 is 15.9 Å². The van der Waals surface area contributed by atoms with E-state index in [1.165, 1.54) is 0 Å². The molecule has 3 nitrogen and oxygen atoms in total. The van der Waals surface area contributed by atoms with Crippen LogP contribution in [0.25, 0.3) is 4.85 Å². The van der Waals surface area contributed by atoms with Crippen molar-refractivity contribution >= 4 is 21.6 Å². The van der Waals surface area contributed by atoms with Crippen molar-refractivity contribution in [2.45, 2.75) is 18.9 Å². The molecule has 1 aromatic rings. The van der Waals surface area contributed by atoms with Crippen molar-refractivity contribution in [3.63, 3.8) is 0 Å². The first kappa shape index (κ1) is 11.4. The van der Waals surface area contributed by atoms with E-state index in [0.29, 0.717) is 11.4 Å². The van der Waals surface area contributed by atoms with Crippen molar-refractivity contribution in [1.29, 1.82) is 0 Å². The first-order chi connectivity index (χ1) is 7.79. The second kappa shape index (κ2) is 5.33. The van der Waals surface area contributed by atoms with Gasteiger partial charge in [-0.1, -0.05) is 15.9 Å². The first-order valence-electron chi connectivity index (χ1n) is 5.21. The SMILES string of the molecule is [C-]#[N+]c1cc(Br)ccc1OC1CCOCC1. The number of halogens is 1. The number of ether oxygens (including phenoxy) is 2. The number of rotatable bonds is 2. The highest BCUT2D eigenvalue weighted by atomic mass is 79.9. The third kappa shape index (κ3) is 2.75. The van der Waals surface area contributed by atoms with Gasteiger partial charge in [0.15, 0.2) is 0 Å². The number of hydrogen-bond donors (Lipinski definition) is 0. The molecule has 0 atom stereocenters. The van der Waals surface area contributed by atoms with Gasteiger partial charge in [0.2, 0.25) is 5.69 Å². The predicted octanol–water partition coefficient (Wildman–Crippen LogP) is 3.56. The number of nitrogens with zero attached hydrogens (tertiary/aromatic N) is 1. The van der Waals surface area contributed by atoms with Gasteiger partial charge in [0.1, 0.15) is 11.9 Å². The van der Waals surface area contributed by atoms with E-state index in [4.69, 9.17) is 16.0 Å². The summed E-state index contributed by atoms with van der Waals surface area (Å²) < 4.78 is 12.0. The Labute approximate surface area is 103 Å². The third-order valence-electron chi connectivity index (χ3n) is 2.50. The Morgan fingerprint density at radius 2 is 2.12 bits per heavy atom. The summed E-state index contributed by atoms with van der Waals surface area (Å²) in [5.74, 6) is 0.671. The summed E-state index contributed by atoms with van der Waals surface area (Å²) in [6.45, 7) is 8.59. The lowest BCUT2D eigenvalue weighted by molar-refractivity contribution is 0.0259. The largest absolute Gasteiger partial charge is 0.501 e. The van der Waals surface area contributed by atoms with E-state index in [2.05, 4.69) is 20.8 Å². The van der Waals surface area contributed by atoms with Gasteiger partial charge < -0.3 is 9.47 Å². The summed E-state index contributed by atoms with van der Waals surface area (Å²) in [6.07, 6.45) is 1.97. The fourth-order valence-corrected chi connectivity index (χ4v) is 2.00. The number of hydrogen-bond acceptors (Lipinski definition) is 2. The maximum Gasteiger partial charge on any atom is 0.229 e. The molecule has 0 bridgehead atoms. The van der Waals surface area contributed by atoms with Gasteiger partial charge >= 0.3 is 0 Å². The molecule has 0 aromatic heterocycles. The highest BCUT2D eigenvalue weighted by Gasteiger charge is 2.16. The Morgan fingerprint density at radius 3 is 2.81 bits per heavy atom. The van der Waals surface area contributed by atoms with E-state index in [1.54, 1.807) is 6.07 Å². The summed E-state index contributed by atoms with van der Waals surface area (Å²) in [7, 11) is 0. The van der Waals surface area contributed by atoms with Gasteiger partial charge in [0, 0.05) is 17.3 Å². The zero-order valence-electron chi connectivity index (χ0n) is 8.78. The monoisotopic (exact) mass is 281 g/mol. The molecule has 0 spiro atoms. The standard InChI is InChI=1S/C12H12BrNO2/c1-14-11-8-9(13)2-3-12(11)16-10-4-6-15-7-5-10/h2-3,8,10H,4-7H2. The smallest absolute Gasteiger partial charge is 0.229 e. The van der Waals surface area contributed by atoms with Crippen molar-refractivity contribution in [3.05, 3.63) is 34.1 Å². The molecule has 0 aliphatic carbocycles. The lowest BCUT2D eigenvalue weighted by atomic mass is 10.1. The van der Waals surface area contributed by atoms with Gasteiger partial charge in [-0.15, -0.1) is 0 Å². The van der Waals surface area contributed by atoms with E-state index >= 15 is 0 Å². The first-order valence-corrected chi connectivity index (χ1v) is 6.00. The van der Waals surface area contributed by atoms with Crippen LogP contribution in [0.4, 0.5) is 5.69 Å². The summed E-state index contributed by atoms with van der Waals surface area (Å²) in [5, 5.41) is 0. The second-order valence-electron chi connectivity index (χ2n) is 3.65. The minimum absolute atomic E-state index is 0.176. The fourth-order valence-electron chi connectivity index (χ4n) is 1.65. The molecular formula is C12H12BrNO2. The molecule has 0 amide bonds. The zero-order valence-corrected chi connectivity index (χ0v) is 10.4. The lowest BCUT2D eigenvalue weighted by Gasteiger charge is -2.24. The van der Waals surface area contributed by atoms with Crippen LogP contribution in [0.3, 0.4) is 0 Å². The maximum absolute atomic E-state index is 7.10. The topological polar surface area (TPSA) is 22.8 Å². The molecule has 0 saturated carbocycles. The van der Waals surface area contributed by atoms with Crippen LogP contribution in [0.1, 0.15) is 12.8 Å². The highest BCUT2D eigenvalue weighted by Crippen LogP contribution is 2.32. The molecule has 1 aliphatic rings. The minimum atomic E-state index is 0.176. The molecule has 0 unspecified atom stereocenters. The lowest BCUT2D eigenvalue weighted by Crippen LogP contribution is -2.25. The molecule has 1 aromatic carbocycles. The molecule has 16 heavy (non-hydrogen) atoms. The molecule has 84 valence electrons. The van der Waals surface area contributed by atoms with E-state index < -0.39 is 0 Å². The fraction of sp³-hybridized carbons (Fsp3) is 0.417. The van der Waals surface area contributed by atoms with Gasteiger partial charge in [-0.2, -0.15) is 0 Å². The van der Waals surface area contributed by atoms with Crippen LogP contribution in [0.2, 0.25) is 0 Å². The van der Waals surface area contributed by atoms with Gasteiger partial charge in [-0.05, 0) is 18.2 Å².